The summed E-state index contributed by atoms with van der Waals surface area (Å²) in [6.07, 6.45) is 3.04. The zero-order chi connectivity index (χ0) is 11.7. The second kappa shape index (κ2) is 7.67. The molecule has 3 heteroatoms. The first-order valence-electron chi connectivity index (χ1n) is 5.74. The van der Waals surface area contributed by atoms with Crippen molar-refractivity contribution in [3.05, 3.63) is 0 Å². The fourth-order valence-corrected chi connectivity index (χ4v) is 1.25. The molecule has 0 saturated heterocycles. The molecule has 0 radical (unpaired) electrons. The van der Waals surface area contributed by atoms with E-state index in [0.29, 0.717) is 5.92 Å². The van der Waals surface area contributed by atoms with E-state index in [0.717, 1.165) is 32.4 Å². The smallest absolute Gasteiger partial charge is 0.0684 e. The molecular formula is C12H24N2O. The average Bonchev–Trinajstić information content (AvgIpc) is 2.22. The van der Waals surface area contributed by atoms with Gasteiger partial charge >= 0.3 is 0 Å². The molecule has 0 fully saturated rings. The number of hydrogen-bond acceptors (Lipinski definition) is 3. The predicted molar refractivity (Wildman–Crippen MR) is 62.4 cm³/mol. The van der Waals surface area contributed by atoms with Crippen LogP contribution in [0.1, 0.15) is 40.0 Å². The molecule has 1 atom stereocenters. The minimum Gasteiger partial charge on any atom is -0.396 e. The molecular weight excluding hydrogens is 188 g/mol. The molecule has 15 heavy (non-hydrogen) atoms. The Balaban J connectivity index is 3.30. The highest BCUT2D eigenvalue weighted by molar-refractivity contribution is 4.91. The third kappa shape index (κ3) is 8.41. The van der Waals surface area contributed by atoms with Gasteiger partial charge in [-0.1, -0.05) is 6.92 Å². The van der Waals surface area contributed by atoms with Gasteiger partial charge in [0.2, 0.25) is 0 Å². The van der Waals surface area contributed by atoms with Crippen molar-refractivity contribution in [2.24, 2.45) is 11.3 Å². The Morgan fingerprint density at radius 1 is 1.40 bits per heavy atom. The van der Waals surface area contributed by atoms with Gasteiger partial charge in [0.15, 0.2) is 0 Å². The number of hydrogen-bond donors (Lipinski definition) is 2. The van der Waals surface area contributed by atoms with Crippen LogP contribution in [0.5, 0.6) is 0 Å². The van der Waals surface area contributed by atoms with Crippen molar-refractivity contribution in [2.45, 2.75) is 40.0 Å². The van der Waals surface area contributed by atoms with Crippen LogP contribution in [-0.4, -0.2) is 24.8 Å². The Hall–Kier alpha value is -0.590. The molecule has 0 aromatic rings. The monoisotopic (exact) mass is 212 g/mol. The highest BCUT2D eigenvalue weighted by Gasteiger charge is 2.15. The average molecular weight is 212 g/mol. The molecule has 0 saturated carbocycles. The maximum atomic E-state index is 8.82. The van der Waals surface area contributed by atoms with Crippen LogP contribution in [0.2, 0.25) is 0 Å². The molecule has 0 rings (SSSR count). The van der Waals surface area contributed by atoms with Gasteiger partial charge in [-0.25, -0.2) is 0 Å². The van der Waals surface area contributed by atoms with Crippen molar-refractivity contribution in [3.8, 4) is 6.07 Å². The number of nitriles is 1. The summed E-state index contributed by atoms with van der Waals surface area (Å²) in [5.41, 5.74) is -0.217. The van der Waals surface area contributed by atoms with Crippen LogP contribution in [0.3, 0.4) is 0 Å². The van der Waals surface area contributed by atoms with E-state index in [2.05, 4.69) is 18.3 Å². The molecule has 0 heterocycles. The summed E-state index contributed by atoms with van der Waals surface area (Å²) < 4.78 is 0. The second-order valence-corrected chi connectivity index (χ2v) is 4.93. The number of rotatable bonds is 8. The molecule has 0 bridgehead atoms. The Kier molecular flexibility index (Phi) is 7.37. The molecule has 1 unspecified atom stereocenters. The van der Waals surface area contributed by atoms with E-state index in [4.69, 9.17) is 10.4 Å². The molecule has 0 aromatic carbocycles. The lowest BCUT2D eigenvalue weighted by molar-refractivity contribution is 0.228. The quantitative estimate of drug-likeness (QED) is 0.604. The topological polar surface area (TPSA) is 56.0 Å². The SMILES string of the molecule is CC(CO)CCCNCCC(C)(C)C#N. The van der Waals surface area contributed by atoms with Crippen molar-refractivity contribution in [1.82, 2.24) is 5.32 Å². The molecule has 2 N–H and O–H groups in total. The summed E-state index contributed by atoms with van der Waals surface area (Å²) in [5, 5.41) is 20.9. The van der Waals surface area contributed by atoms with Crippen LogP contribution in [0.15, 0.2) is 0 Å². The van der Waals surface area contributed by atoms with Gasteiger partial charge in [0.25, 0.3) is 0 Å². The second-order valence-electron chi connectivity index (χ2n) is 4.93. The third-order valence-corrected chi connectivity index (χ3v) is 2.59. The molecule has 0 aromatic heterocycles. The lowest BCUT2D eigenvalue weighted by Crippen LogP contribution is -2.22. The predicted octanol–water partition coefficient (Wildman–Crippen LogP) is 1.92. The first-order chi connectivity index (χ1) is 7.02. The number of nitrogens with one attached hydrogen (secondary N) is 1. The minimum absolute atomic E-state index is 0.217. The van der Waals surface area contributed by atoms with Crippen molar-refractivity contribution in [2.75, 3.05) is 19.7 Å². The van der Waals surface area contributed by atoms with Crippen LogP contribution in [0.4, 0.5) is 0 Å². The fourth-order valence-electron chi connectivity index (χ4n) is 1.25. The van der Waals surface area contributed by atoms with Crippen molar-refractivity contribution < 1.29 is 5.11 Å². The molecule has 0 spiro atoms. The van der Waals surface area contributed by atoms with Gasteiger partial charge in [-0.15, -0.1) is 0 Å². The number of aliphatic hydroxyl groups excluding tert-OH is 1. The van der Waals surface area contributed by atoms with E-state index in [9.17, 15) is 0 Å². The standard InChI is InChI=1S/C12H24N2O/c1-11(9-15)5-4-7-14-8-6-12(2,3)10-13/h11,14-15H,4-9H2,1-3H3. The fraction of sp³-hybridized carbons (Fsp3) is 0.917. The summed E-state index contributed by atoms with van der Waals surface area (Å²) in [7, 11) is 0. The van der Waals surface area contributed by atoms with Crippen molar-refractivity contribution in [3.63, 3.8) is 0 Å². The van der Waals surface area contributed by atoms with E-state index < -0.39 is 0 Å². The molecule has 88 valence electrons. The van der Waals surface area contributed by atoms with Gasteiger partial charge in [0.1, 0.15) is 0 Å². The molecule has 0 amide bonds. The van der Waals surface area contributed by atoms with Crippen LogP contribution in [0, 0.1) is 22.7 Å². The van der Waals surface area contributed by atoms with E-state index in [1.165, 1.54) is 0 Å². The number of nitrogens with zero attached hydrogens (tertiary/aromatic N) is 1. The maximum absolute atomic E-state index is 8.82. The largest absolute Gasteiger partial charge is 0.396 e. The summed E-state index contributed by atoms with van der Waals surface area (Å²) in [6.45, 7) is 8.13. The number of aliphatic hydroxyl groups is 1. The summed E-state index contributed by atoms with van der Waals surface area (Å²) in [5.74, 6) is 0.405. The van der Waals surface area contributed by atoms with Crippen LogP contribution < -0.4 is 5.32 Å². The van der Waals surface area contributed by atoms with E-state index >= 15 is 0 Å². The van der Waals surface area contributed by atoms with Crippen molar-refractivity contribution >= 4 is 0 Å². The first kappa shape index (κ1) is 14.4. The normalized spacial score (nSPS) is 13.5. The van der Waals surface area contributed by atoms with Crippen LogP contribution in [0.25, 0.3) is 0 Å². The van der Waals surface area contributed by atoms with E-state index in [1.54, 1.807) is 0 Å². The zero-order valence-corrected chi connectivity index (χ0v) is 10.2. The zero-order valence-electron chi connectivity index (χ0n) is 10.2. The third-order valence-electron chi connectivity index (χ3n) is 2.59. The lowest BCUT2D eigenvalue weighted by atomic mass is 9.91. The Morgan fingerprint density at radius 3 is 2.60 bits per heavy atom. The van der Waals surface area contributed by atoms with E-state index in [1.807, 2.05) is 13.8 Å². The van der Waals surface area contributed by atoms with Gasteiger partial charge < -0.3 is 10.4 Å². The molecule has 0 aliphatic heterocycles. The highest BCUT2D eigenvalue weighted by atomic mass is 16.3. The Bertz CT molecular complexity index is 196. The van der Waals surface area contributed by atoms with Gasteiger partial charge in [-0.3, -0.25) is 0 Å². The minimum atomic E-state index is -0.217. The lowest BCUT2D eigenvalue weighted by Gasteiger charge is -2.15. The summed E-state index contributed by atoms with van der Waals surface area (Å²) in [4.78, 5) is 0. The Labute approximate surface area is 93.5 Å². The Morgan fingerprint density at radius 2 is 2.07 bits per heavy atom. The van der Waals surface area contributed by atoms with Gasteiger partial charge in [-0.2, -0.15) is 5.26 Å². The first-order valence-corrected chi connectivity index (χ1v) is 5.74. The maximum Gasteiger partial charge on any atom is 0.0684 e. The van der Waals surface area contributed by atoms with Crippen LogP contribution in [-0.2, 0) is 0 Å². The molecule has 0 aliphatic carbocycles. The van der Waals surface area contributed by atoms with Gasteiger partial charge in [0, 0.05) is 6.61 Å². The van der Waals surface area contributed by atoms with Crippen LogP contribution >= 0.6 is 0 Å². The van der Waals surface area contributed by atoms with E-state index in [-0.39, 0.29) is 12.0 Å². The summed E-state index contributed by atoms with van der Waals surface area (Å²) in [6, 6.07) is 2.29. The van der Waals surface area contributed by atoms with Gasteiger partial charge in [0.05, 0.1) is 11.5 Å². The van der Waals surface area contributed by atoms with Crippen molar-refractivity contribution in [1.29, 1.82) is 5.26 Å². The van der Waals surface area contributed by atoms with Gasteiger partial charge in [-0.05, 0) is 52.1 Å². The summed E-state index contributed by atoms with van der Waals surface area (Å²) >= 11 is 0. The molecule has 3 nitrogen and oxygen atoms in total. The highest BCUT2D eigenvalue weighted by Crippen LogP contribution is 2.17. The molecule has 0 aliphatic rings.